The largest absolute Gasteiger partial charge is 0.279 e. The summed E-state index contributed by atoms with van der Waals surface area (Å²) in [6, 6.07) is 5.83. The Bertz CT molecular complexity index is 556. The van der Waals surface area contributed by atoms with Gasteiger partial charge < -0.3 is 0 Å². The highest BCUT2D eigenvalue weighted by Gasteiger charge is 2.08. The van der Waals surface area contributed by atoms with Crippen LogP contribution in [0.5, 0.6) is 0 Å². The third kappa shape index (κ3) is 1.82. The van der Waals surface area contributed by atoms with Crippen LogP contribution in [-0.2, 0) is 7.05 Å². The highest BCUT2D eigenvalue weighted by atomic mass is 35.5. The minimum atomic E-state index is 0.516. The molecule has 78 valence electrons. The fourth-order valence-corrected chi connectivity index (χ4v) is 1.71. The zero-order valence-corrected chi connectivity index (χ0v) is 9.99. The van der Waals surface area contributed by atoms with Crippen LogP contribution in [0.2, 0.25) is 5.02 Å². The summed E-state index contributed by atoms with van der Waals surface area (Å²) in [4.78, 5) is 4.22. The molecule has 0 fully saturated rings. The average molecular weight is 240 g/mol. The number of aromatic amines is 1. The predicted molar refractivity (Wildman–Crippen MR) is 63.6 cm³/mol. The molecule has 1 aromatic heterocycles. The molecule has 0 spiro atoms. The predicted octanol–water partition coefficient (Wildman–Crippen LogP) is 3.11. The summed E-state index contributed by atoms with van der Waals surface area (Å²) in [5.74, 6) is 0.705. The number of aryl methyl sites for hydroxylation is 2. The fourth-order valence-electron chi connectivity index (χ4n) is 1.35. The smallest absolute Gasteiger partial charge is 0.216 e. The Hall–Kier alpha value is -1.13. The van der Waals surface area contributed by atoms with Crippen molar-refractivity contribution in [2.75, 3.05) is 0 Å². The van der Waals surface area contributed by atoms with Gasteiger partial charge in [0.15, 0.2) is 5.82 Å². The first-order valence-corrected chi connectivity index (χ1v) is 5.26. The Balaban J connectivity index is 2.64. The van der Waals surface area contributed by atoms with Crippen LogP contribution in [0.4, 0.5) is 0 Å². The Morgan fingerprint density at radius 3 is 2.80 bits per heavy atom. The molecule has 1 heterocycles. The molecule has 0 radical (unpaired) electrons. The lowest BCUT2D eigenvalue weighted by molar-refractivity contribution is 0.756. The fraction of sp³-hybridized carbons (Fsp3) is 0.200. The van der Waals surface area contributed by atoms with E-state index in [2.05, 4.69) is 10.1 Å². The number of hydrogen-bond donors (Lipinski definition) is 1. The molecule has 1 N–H and O–H groups in total. The number of nitrogens with one attached hydrogen (secondary N) is 1. The Labute approximate surface area is 97.7 Å². The van der Waals surface area contributed by atoms with Crippen LogP contribution in [0.1, 0.15) is 5.56 Å². The average Bonchev–Trinajstić information content (AvgIpc) is 2.51. The van der Waals surface area contributed by atoms with E-state index in [1.807, 2.05) is 32.2 Å². The van der Waals surface area contributed by atoms with Crippen molar-refractivity contribution in [1.82, 2.24) is 14.8 Å². The first kappa shape index (κ1) is 10.4. The van der Waals surface area contributed by atoms with Gasteiger partial charge in [-0.3, -0.25) is 9.78 Å². The number of nitrogens with zero attached hydrogens (tertiary/aromatic N) is 2. The quantitative estimate of drug-likeness (QED) is 0.776. The molecule has 0 aliphatic heterocycles. The zero-order valence-electron chi connectivity index (χ0n) is 8.41. The summed E-state index contributed by atoms with van der Waals surface area (Å²) in [6.45, 7) is 1.96. The molecule has 0 saturated heterocycles. The molecule has 0 unspecified atom stereocenters. The maximum atomic E-state index is 6.19. The molecule has 5 heteroatoms. The second-order valence-electron chi connectivity index (χ2n) is 3.35. The van der Waals surface area contributed by atoms with Gasteiger partial charge in [0, 0.05) is 12.6 Å². The van der Waals surface area contributed by atoms with Gasteiger partial charge in [0.2, 0.25) is 4.77 Å². The zero-order chi connectivity index (χ0) is 11.0. The second-order valence-corrected chi connectivity index (χ2v) is 4.09. The first-order valence-electron chi connectivity index (χ1n) is 4.48. The molecule has 2 aromatic rings. The molecule has 1 aromatic carbocycles. The molecule has 3 nitrogen and oxygen atoms in total. The van der Waals surface area contributed by atoms with Crippen molar-refractivity contribution in [2.45, 2.75) is 6.92 Å². The number of rotatable bonds is 1. The molecule has 0 bridgehead atoms. The molecular formula is C10H10ClN3S. The van der Waals surface area contributed by atoms with Crippen LogP contribution >= 0.6 is 23.8 Å². The van der Waals surface area contributed by atoms with Crippen molar-refractivity contribution in [1.29, 1.82) is 0 Å². The van der Waals surface area contributed by atoms with E-state index in [4.69, 9.17) is 23.8 Å². The van der Waals surface area contributed by atoms with Crippen molar-refractivity contribution in [3.63, 3.8) is 0 Å². The molecule has 0 amide bonds. The van der Waals surface area contributed by atoms with E-state index in [1.54, 1.807) is 4.68 Å². The van der Waals surface area contributed by atoms with E-state index in [0.29, 0.717) is 15.6 Å². The third-order valence-electron chi connectivity index (χ3n) is 2.21. The lowest BCUT2D eigenvalue weighted by Crippen LogP contribution is -1.90. The van der Waals surface area contributed by atoms with E-state index < -0.39 is 0 Å². The normalized spacial score (nSPS) is 10.6. The van der Waals surface area contributed by atoms with Gasteiger partial charge in [0.25, 0.3) is 0 Å². The van der Waals surface area contributed by atoms with Crippen LogP contribution in [0.25, 0.3) is 11.4 Å². The van der Waals surface area contributed by atoms with Crippen molar-refractivity contribution < 1.29 is 0 Å². The van der Waals surface area contributed by atoms with E-state index >= 15 is 0 Å². The van der Waals surface area contributed by atoms with Crippen molar-refractivity contribution >= 4 is 23.8 Å². The summed E-state index contributed by atoms with van der Waals surface area (Å²) in [6.07, 6.45) is 0. The Morgan fingerprint density at radius 2 is 2.20 bits per heavy atom. The summed E-state index contributed by atoms with van der Waals surface area (Å²) < 4.78 is 2.20. The van der Waals surface area contributed by atoms with Gasteiger partial charge in [-0.05, 0) is 30.8 Å². The summed E-state index contributed by atoms with van der Waals surface area (Å²) in [5, 5.41) is 3.76. The van der Waals surface area contributed by atoms with Gasteiger partial charge in [0.1, 0.15) is 0 Å². The number of benzene rings is 1. The Morgan fingerprint density at radius 1 is 1.47 bits per heavy atom. The van der Waals surface area contributed by atoms with E-state index in [-0.39, 0.29) is 0 Å². The summed E-state index contributed by atoms with van der Waals surface area (Å²) in [7, 11) is 1.82. The van der Waals surface area contributed by atoms with Gasteiger partial charge in [-0.1, -0.05) is 23.7 Å². The third-order valence-corrected chi connectivity index (χ3v) is 3.08. The molecule has 15 heavy (non-hydrogen) atoms. The topological polar surface area (TPSA) is 33.6 Å². The molecule has 0 saturated carbocycles. The number of aromatic nitrogens is 3. The maximum absolute atomic E-state index is 6.19. The highest BCUT2D eigenvalue weighted by molar-refractivity contribution is 7.71. The summed E-state index contributed by atoms with van der Waals surface area (Å²) >= 11 is 11.2. The van der Waals surface area contributed by atoms with Gasteiger partial charge >= 0.3 is 0 Å². The van der Waals surface area contributed by atoms with E-state index in [0.717, 1.165) is 11.1 Å². The van der Waals surface area contributed by atoms with Gasteiger partial charge in [-0.25, -0.2) is 0 Å². The van der Waals surface area contributed by atoms with Crippen LogP contribution in [0.15, 0.2) is 18.2 Å². The van der Waals surface area contributed by atoms with E-state index in [9.17, 15) is 0 Å². The van der Waals surface area contributed by atoms with Crippen LogP contribution in [0.3, 0.4) is 0 Å². The van der Waals surface area contributed by atoms with Crippen molar-refractivity contribution in [3.8, 4) is 11.4 Å². The SMILES string of the molecule is Cc1cccc(-c2nc(=S)n(C)[nH]2)c1Cl. The molecule has 2 rings (SSSR count). The monoisotopic (exact) mass is 239 g/mol. The lowest BCUT2D eigenvalue weighted by atomic mass is 10.1. The number of H-pyrrole nitrogens is 1. The van der Waals surface area contributed by atoms with Crippen molar-refractivity contribution in [3.05, 3.63) is 33.6 Å². The number of hydrogen-bond acceptors (Lipinski definition) is 2. The maximum Gasteiger partial charge on any atom is 0.216 e. The minimum absolute atomic E-state index is 0.516. The van der Waals surface area contributed by atoms with Crippen LogP contribution in [-0.4, -0.2) is 14.8 Å². The van der Waals surface area contributed by atoms with Crippen molar-refractivity contribution in [2.24, 2.45) is 7.05 Å². The molecule has 0 aliphatic carbocycles. The lowest BCUT2D eigenvalue weighted by Gasteiger charge is -2.02. The Kier molecular flexibility index (Phi) is 2.63. The first-order chi connectivity index (χ1) is 7.09. The van der Waals surface area contributed by atoms with Gasteiger partial charge in [-0.15, -0.1) is 0 Å². The summed E-state index contributed by atoms with van der Waals surface area (Å²) in [5.41, 5.74) is 1.91. The standard InChI is InChI=1S/C10H10ClN3S/c1-6-4-3-5-7(8(6)11)9-12-10(15)14(2)13-9/h3-5H,1-2H3,(H,12,13,15). The van der Waals surface area contributed by atoms with Gasteiger partial charge in [0.05, 0.1) is 5.02 Å². The van der Waals surface area contributed by atoms with Crippen LogP contribution < -0.4 is 0 Å². The van der Waals surface area contributed by atoms with Crippen LogP contribution in [0, 0.1) is 11.7 Å². The molecule has 0 atom stereocenters. The molecule has 0 aliphatic rings. The minimum Gasteiger partial charge on any atom is -0.279 e. The highest BCUT2D eigenvalue weighted by Crippen LogP contribution is 2.27. The number of halogens is 1. The molecular weight excluding hydrogens is 230 g/mol. The van der Waals surface area contributed by atoms with Gasteiger partial charge in [-0.2, -0.15) is 4.98 Å². The van der Waals surface area contributed by atoms with E-state index in [1.165, 1.54) is 0 Å². The second kappa shape index (κ2) is 3.79.